The number of aromatic hydroxyl groups is 1. The van der Waals surface area contributed by atoms with Gasteiger partial charge in [0.25, 0.3) is 0 Å². The van der Waals surface area contributed by atoms with Gasteiger partial charge in [-0.15, -0.1) is 0 Å². The number of aryl methyl sites for hydroxylation is 1. The Hall–Kier alpha value is -1.80. The third kappa shape index (κ3) is 3.60. The minimum absolute atomic E-state index is 0.256. The summed E-state index contributed by atoms with van der Waals surface area (Å²) in [6.07, 6.45) is 0.868. The number of aliphatic hydroxyl groups excluding tert-OH is 1. The number of hydrogen-bond acceptors (Lipinski definition) is 2. The van der Waals surface area contributed by atoms with Gasteiger partial charge in [0.2, 0.25) is 0 Å². The molecule has 2 N–H and O–H groups in total. The zero-order valence-electron chi connectivity index (χ0n) is 10.5. The molecule has 0 bridgehead atoms. The molecule has 0 saturated heterocycles. The zero-order chi connectivity index (χ0) is 13.0. The van der Waals surface area contributed by atoms with Crippen LogP contribution in [0.25, 0.3) is 0 Å². The molecule has 0 fully saturated rings. The molecule has 0 aromatic heterocycles. The summed E-state index contributed by atoms with van der Waals surface area (Å²) in [4.78, 5) is 0. The van der Waals surface area contributed by atoms with Gasteiger partial charge in [-0.2, -0.15) is 0 Å². The first-order chi connectivity index (χ1) is 8.63. The smallest absolute Gasteiger partial charge is 0.115 e. The minimum atomic E-state index is -0.392. The highest BCUT2D eigenvalue weighted by molar-refractivity contribution is 5.27. The van der Waals surface area contributed by atoms with Crippen molar-refractivity contribution in [2.75, 3.05) is 0 Å². The Balaban J connectivity index is 1.96. The Morgan fingerprint density at radius 3 is 2.28 bits per heavy atom. The number of benzene rings is 2. The molecule has 1 atom stereocenters. The van der Waals surface area contributed by atoms with Crippen molar-refractivity contribution in [1.82, 2.24) is 0 Å². The molecular formula is C16H18O2. The lowest BCUT2D eigenvalue weighted by Gasteiger charge is -2.11. The van der Waals surface area contributed by atoms with E-state index in [0.717, 1.165) is 11.1 Å². The van der Waals surface area contributed by atoms with Gasteiger partial charge < -0.3 is 10.2 Å². The normalized spacial score (nSPS) is 12.3. The summed E-state index contributed by atoms with van der Waals surface area (Å²) in [5.74, 6) is 0.256. The van der Waals surface area contributed by atoms with E-state index in [1.807, 2.05) is 24.3 Å². The maximum atomic E-state index is 10.1. The van der Waals surface area contributed by atoms with Crippen LogP contribution in [0, 0.1) is 6.92 Å². The fraction of sp³-hybridized carbons (Fsp3) is 0.250. The topological polar surface area (TPSA) is 40.5 Å². The van der Waals surface area contributed by atoms with Gasteiger partial charge in [0.15, 0.2) is 0 Å². The monoisotopic (exact) mass is 242 g/mol. The molecule has 2 nitrogen and oxygen atoms in total. The number of hydrogen-bond donors (Lipinski definition) is 2. The van der Waals surface area contributed by atoms with Crippen molar-refractivity contribution in [3.63, 3.8) is 0 Å². The van der Waals surface area contributed by atoms with Gasteiger partial charge in [-0.3, -0.25) is 0 Å². The molecule has 18 heavy (non-hydrogen) atoms. The number of rotatable bonds is 4. The average Bonchev–Trinajstić information content (AvgIpc) is 2.32. The summed E-state index contributed by atoms with van der Waals surface area (Å²) in [6.45, 7) is 2.05. The zero-order valence-corrected chi connectivity index (χ0v) is 10.5. The van der Waals surface area contributed by atoms with Crippen LogP contribution in [0.2, 0.25) is 0 Å². The van der Waals surface area contributed by atoms with Crippen LogP contribution >= 0.6 is 0 Å². The van der Waals surface area contributed by atoms with E-state index in [2.05, 4.69) is 19.1 Å². The summed E-state index contributed by atoms with van der Waals surface area (Å²) < 4.78 is 0. The molecule has 0 spiro atoms. The van der Waals surface area contributed by atoms with Crippen molar-refractivity contribution >= 4 is 0 Å². The lowest BCUT2D eigenvalue weighted by molar-refractivity contribution is 0.175. The van der Waals surface area contributed by atoms with Crippen LogP contribution in [0.1, 0.15) is 16.7 Å². The fourth-order valence-corrected chi connectivity index (χ4v) is 2.09. The maximum Gasteiger partial charge on any atom is 0.115 e. The third-order valence-corrected chi connectivity index (χ3v) is 2.96. The summed E-state index contributed by atoms with van der Waals surface area (Å²) in [5, 5.41) is 19.2. The van der Waals surface area contributed by atoms with Gasteiger partial charge in [-0.05, 0) is 43.0 Å². The van der Waals surface area contributed by atoms with E-state index in [1.165, 1.54) is 5.56 Å². The molecule has 1 unspecified atom stereocenters. The largest absolute Gasteiger partial charge is 0.508 e. The Labute approximate surface area is 108 Å². The molecule has 2 aromatic carbocycles. The van der Waals surface area contributed by atoms with E-state index < -0.39 is 6.10 Å². The van der Waals surface area contributed by atoms with Crippen LogP contribution in [0.3, 0.4) is 0 Å². The molecule has 0 aliphatic rings. The lowest BCUT2D eigenvalue weighted by atomic mass is 10.0. The van der Waals surface area contributed by atoms with Crippen molar-refractivity contribution < 1.29 is 10.2 Å². The third-order valence-electron chi connectivity index (χ3n) is 2.96. The summed E-state index contributed by atoms with van der Waals surface area (Å²) in [6, 6.07) is 15.2. The molecule has 2 aromatic rings. The van der Waals surface area contributed by atoms with Crippen LogP contribution in [0.4, 0.5) is 0 Å². The van der Waals surface area contributed by atoms with Crippen molar-refractivity contribution in [3.8, 4) is 5.75 Å². The second kappa shape index (κ2) is 5.69. The van der Waals surface area contributed by atoms with Gasteiger partial charge in [-0.1, -0.05) is 42.0 Å². The predicted molar refractivity (Wildman–Crippen MR) is 72.7 cm³/mol. The van der Waals surface area contributed by atoms with E-state index in [9.17, 15) is 10.2 Å². The van der Waals surface area contributed by atoms with Crippen LogP contribution in [-0.4, -0.2) is 16.3 Å². The van der Waals surface area contributed by atoms with Crippen molar-refractivity contribution in [1.29, 1.82) is 0 Å². The van der Waals surface area contributed by atoms with Crippen molar-refractivity contribution in [3.05, 3.63) is 65.2 Å². The predicted octanol–water partition coefficient (Wildman–Crippen LogP) is 2.85. The van der Waals surface area contributed by atoms with Crippen LogP contribution in [0.15, 0.2) is 48.5 Å². The first-order valence-electron chi connectivity index (χ1n) is 6.15. The van der Waals surface area contributed by atoms with Gasteiger partial charge in [0.1, 0.15) is 5.75 Å². The second-order valence-electron chi connectivity index (χ2n) is 4.72. The van der Waals surface area contributed by atoms with Gasteiger partial charge in [-0.25, -0.2) is 0 Å². The van der Waals surface area contributed by atoms with E-state index >= 15 is 0 Å². The highest BCUT2D eigenvalue weighted by atomic mass is 16.3. The molecular weight excluding hydrogens is 224 g/mol. The molecule has 2 heteroatoms. The Kier molecular flexibility index (Phi) is 4.00. The number of phenols is 1. The second-order valence-corrected chi connectivity index (χ2v) is 4.72. The van der Waals surface area contributed by atoms with Crippen LogP contribution < -0.4 is 0 Å². The summed E-state index contributed by atoms with van der Waals surface area (Å²) in [5.41, 5.74) is 3.40. The number of aliphatic hydroxyl groups is 1. The Bertz CT molecular complexity index is 503. The van der Waals surface area contributed by atoms with E-state index in [-0.39, 0.29) is 5.75 Å². The standard InChI is InChI=1S/C16H18O2/c1-12-3-2-4-14(9-12)11-16(18)10-13-5-7-15(17)8-6-13/h2-9,16-18H,10-11H2,1H3. The Morgan fingerprint density at radius 2 is 1.61 bits per heavy atom. The Morgan fingerprint density at radius 1 is 0.944 bits per heavy atom. The summed E-state index contributed by atoms with van der Waals surface area (Å²) >= 11 is 0. The fourth-order valence-electron chi connectivity index (χ4n) is 2.09. The molecule has 0 saturated carbocycles. The van der Waals surface area contributed by atoms with E-state index in [1.54, 1.807) is 12.1 Å². The highest BCUT2D eigenvalue weighted by Gasteiger charge is 2.07. The van der Waals surface area contributed by atoms with E-state index in [4.69, 9.17) is 0 Å². The van der Waals surface area contributed by atoms with Crippen LogP contribution in [-0.2, 0) is 12.8 Å². The van der Waals surface area contributed by atoms with Crippen molar-refractivity contribution in [2.45, 2.75) is 25.9 Å². The maximum absolute atomic E-state index is 10.1. The molecule has 94 valence electrons. The van der Waals surface area contributed by atoms with E-state index in [0.29, 0.717) is 12.8 Å². The molecule has 0 heterocycles. The molecule has 2 rings (SSSR count). The van der Waals surface area contributed by atoms with Gasteiger partial charge >= 0.3 is 0 Å². The summed E-state index contributed by atoms with van der Waals surface area (Å²) in [7, 11) is 0. The first kappa shape index (κ1) is 12.7. The molecule has 0 amide bonds. The number of phenolic OH excluding ortho intramolecular Hbond substituents is 1. The SMILES string of the molecule is Cc1cccc(CC(O)Cc2ccc(O)cc2)c1. The quantitative estimate of drug-likeness (QED) is 0.865. The average molecular weight is 242 g/mol. The van der Waals surface area contributed by atoms with Crippen LogP contribution in [0.5, 0.6) is 5.75 Å². The minimum Gasteiger partial charge on any atom is -0.508 e. The molecule has 0 aliphatic heterocycles. The molecule has 0 radical (unpaired) electrons. The van der Waals surface area contributed by atoms with Gasteiger partial charge in [0, 0.05) is 0 Å². The first-order valence-corrected chi connectivity index (χ1v) is 6.15. The van der Waals surface area contributed by atoms with Gasteiger partial charge in [0.05, 0.1) is 6.10 Å². The molecule has 0 aliphatic carbocycles. The lowest BCUT2D eigenvalue weighted by Crippen LogP contribution is -2.13. The highest BCUT2D eigenvalue weighted by Crippen LogP contribution is 2.14. The van der Waals surface area contributed by atoms with Crippen molar-refractivity contribution in [2.24, 2.45) is 0 Å².